The molecule has 0 saturated heterocycles. The number of rotatable bonds is 6. The van der Waals surface area contributed by atoms with E-state index in [1.165, 1.54) is 22.3 Å². The molecule has 0 fully saturated rings. The van der Waals surface area contributed by atoms with E-state index in [0.717, 1.165) is 12.8 Å². The number of hydrogen-bond donors (Lipinski definition) is 0. The smallest absolute Gasteiger partial charge is 0.0283 e. The lowest BCUT2D eigenvalue weighted by atomic mass is 9.72. The first-order valence-electron chi connectivity index (χ1n) is 7.06. The molecule has 0 heterocycles. The molecule has 1 aliphatic carbocycles. The molecule has 1 aromatic rings. The number of allylic oxidation sites excluding steroid dienone is 7. The second kappa shape index (κ2) is 5.92. The van der Waals surface area contributed by atoms with E-state index in [-0.39, 0.29) is 5.41 Å². The van der Waals surface area contributed by atoms with Crippen molar-refractivity contribution >= 4 is 5.57 Å². The van der Waals surface area contributed by atoms with Gasteiger partial charge in [0.05, 0.1) is 0 Å². The molecule has 0 nitrogen and oxygen atoms in total. The summed E-state index contributed by atoms with van der Waals surface area (Å²) >= 11 is 0. The maximum atomic E-state index is 4.06. The van der Waals surface area contributed by atoms with Gasteiger partial charge >= 0.3 is 0 Å². The van der Waals surface area contributed by atoms with E-state index in [2.05, 4.69) is 63.1 Å². The molecule has 1 aliphatic rings. The summed E-state index contributed by atoms with van der Waals surface area (Å²) in [4.78, 5) is 0. The summed E-state index contributed by atoms with van der Waals surface area (Å²) in [5.41, 5.74) is 5.18. The van der Waals surface area contributed by atoms with Crippen LogP contribution >= 0.6 is 0 Å². The average Bonchev–Trinajstić information content (AvgIpc) is 2.71. The van der Waals surface area contributed by atoms with Gasteiger partial charge in [-0.1, -0.05) is 61.2 Å². The van der Waals surface area contributed by atoms with Crippen LogP contribution in [0.5, 0.6) is 0 Å². The van der Waals surface area contributed by atoms with Gasteiger partial charge in [0.15, 0.2) is 0 Å². The Morgan fingerprint density at radius 1 is 1.05 bits per heavy atom. The van der Waals surface area contributed by atoms with E-state index >= 15 is 0 Å². The molecular formula is C20H22. The summed E-state index contributed by atoms with van der Waals surface area (Å²) in [7, 11) is 0. The average molecular weight is 262 g/mol. The first-order chi connectivity index (χ1) is 9.75. The third kappa shape index (κ3) is 2.02. The summed E-state index contributed by atoms with van der Waals surface area (Å²) in [5, 5.41) is 0. The third-order valence-electron chi connectivity index (χ3n) is 4.06. The van der Waals surface area contributed by atoms with E-state index < -0.39 is 0 Å². The zero-order chi connectivity index (χ0) is 14.6. The van der Waals surface area contributed by atoms with Crippen LogP contribution < -0.4 is 0 Å². The predicted octanol–water partition coefficient (Wildman–Crippen LogP) is 5.61. The van der Waals surface area contributed by atoms with Gasteiger partial charge in [0.2, 0.25) is 0 Å². The Morgan fingerprint density at radius 2 is 1.70 bits per heavy atom. The van der Waals surface area contributed by atoms with Crippen LogP contribution in [0.4, 0.5) is 0 Å². The molecule has 20 heavy (non-hydrogen) atoms. The van der Waals surface area contributed by atoms with Crippen LogP contribution in [0.25, 0.3) is 5.57 Å². The van der Waals surface area contributed by atoms with Crippen LogP contribution in [-0.2, 0) is 5.41 Å². The van der Waals surface area contributed by atoms with Crippen molar-refractivity contribution in [3.05, 3.63) is 91.1 Å². The molecule has 0 saturated carbocycles. The molecule has 0 N–H and O–H groups in total. The van der Waals surface area contributed by atoms with Crippen molar-refractivity contribution in [1.29, 1.82) is 0 Å². The molecule has 0 bridgehead atoms. The summed E-state index contributed by atoms with van der Waals surface area (Å²) in [6.45, 7) is 14.0. The van der Waals surface area contributed by atoms with Gasteiger partial charge in [-0.05, 0) is 42.0 Å². The Hall–Kier alpha value is -2.08. The largest absolute Gasteiger partial charge is 0.103 e. The number of hydrogen-bond acceptors (Lipinski definition) is 0. The fourth-order valence-corrected chi connectivity index (χ4v) is 3.35. The van der Waals surface area contributed by atoms with E-state index in [1.807, 2.05) is 18.2 Å². The van der Waals surface area contributed by atoms with Crippen molar-refractivity contribution in [2.24, 2.45) is 0 Å². The molecule has 0 amide bonds. The minimum atomic E-state index is -0.0588. The maximum Gasteiger partial charge on any atom is 0.0283 e. The highest BCUT2D eigenvalue weighted by molar-refractivity contribution is 5.88. The summed E-state index contributed by atoms with van der Waals surface area (Å²) in [6, 6.07) is 8.63. The fourth-order valence-electron chi connectivity index (χ4n) is 3.35. The van der Waals surface area contributed by atoms with Gasteiger partial charge in [0, 0.05) is 5.41 Å². The molecule has 0 radical (unpaired) electrons. The second-order valence-corrected chi connectivity index (χ2v) is 5.14. The molecule has 0 aromatic heterocycles. The molecule has 0 unspecified atom stereocenters. The SMILES string of the molecule is C=CCC1(CC=C)C(C=C)=C(/C=C\C)c2ccccc21. The second-order valence-electron chi connectivity index (χ2n) is 5.14. The van der Waals surface area contributed by atoms with Gasteiger partial charge in [-0.25, -0.2) is 0 Å². The van der Waals surface area contributed by atoms with Crippen molar-refractivity contribution < 1.29 is 0 Å². The Balaban J connectivity index is 2.79. The van der Waals surface area contributed by atoms with Gasteiger partial charge in [-0.15, -0.1) is 13.2 Å². The molecule has 2 rings (SSSR count). The lowest BCUT2D eigenvalue weighted by Gasteiger charge is -2.31. The normalized spacial score (nSPS) is 16.2. The summed E-state index contributed by atoms with van der Waals surface area (Å²) in [6.07, 6.45) is 12.1. The molecule has 0 spiro atoms. The Labute approximate surface area is 122 Å². The van der Waals surface area contributed by atoms with Crippen molar-refractivity contribution in [3.8, 4) is 0 Å². The molecule has 0 atom stereocenters. The molecule has 102 valence electrons. The minimum absolute atomic E-state index is 0.0588. The quantitative estimate of drug-likeness (QED) is 0.585. The van der Waals surface area contributed by atoms with Gasteiger partial charge in [-0.2, -0.15) is 0 Å². The van der Waals surface area contributed by atoms with Crippen LogP contribution in [0.1, 0.15) is 30.9 Å². The minimum Gasteiger partial charge on any atom is -0.103 e. The molecule has 1 aromatic carbocycles. The van der Waals surface area contributed by atoms with E-state index in [0.29, 0.717) is 0 Å². The van der Waals surface area contributed by atoms with Crippen molar-refractivity contribution in [1.82, 2.24) is 0 Å². The fraction of sp³-hybridized carbons (Fsp3) is 0.200. The molecule has 0 heteroatoms. The van der Waals surface area contributed by atoms with Crippen LogP contribution in [0.15, 0.2) is 80.0 Å². The zero-order valence-electron chi connectivity index (χ0n) is 12.2. The van der Waals surface area contributed by atoms with Crippen LogP contribution in [0, 0.1) is 0 Å². The van der Waals surface area contributed by atoms with Gasteiger partial charge < -0.3 is 0 Å². The van der Waals surface area contributed by atoms with Crippen molar-refractivity contribution in [2.75, 3.05) is 0 Å². The standard InChI is InChI=1S/C20H22/c1-5-11-16-17-12-9-10-13-19(17)20(14-6-2,15-7-3)18(16)8-4/h5-13H,2-4,14-15H2,1H3/b11-5-. The number of fused-ring (bicyclic) bond motifs is 1. The Kier molecular flexibility index (Phi) is 4.24. The third-order valence-corrected chi connectivity index (χ3v) is 4.06. The van der Waals surface area contributed by atoms with E-state index in [1.54, 1.807) is 0 Å². The highest BCUT2D eigenvalue weighted by atomic mass is 14.4. The Bertz CT molecular complexity index is 586. The maximum absolute atomic E-state index is 4.06. The first-order valence-corrected chi connectivity index (χ1v) is 7.06. The summed E-state index contributed by atoms with van der Waals surface area (Å²) < 4.78 is 0. The predicted molar refractivity (Wildman–Crippen MR) is 89.7 cm³/mol. The van der Waals surface area contributed by atoms with Crippen LogP contribution in [-0.4, -0.2) is 0 Å². The topological polar surface area (TPSA) is 0 Å². The highest BCUT2D eigenvalue weighted by Crippen LogP contribution is 2.51. The van der Waals surface area contributed by atoms with Gasteiger partial charge in [-0.3, -0.25) is 0 Å². The molecular weight excluding hydrogens is 240 g/mol. The Morgan fingerprint density at radius 3 is 2.25 bits per heavy atom. The van der Waals surface area contributed by atoms with Gasteiger partial charge in [0.1, 0.15) is 0 Å². The lowest BCUT2D eigenvalue weighted by molar-refractivity contribution is 0.539. The lowest BCUT2D eigenvalue weighted by Crippen LogP contribution is -2.24. The summed E-state index contributed by atoms with van der Waals surface area (Å²) in [5.74, 6) is 0. The van der Waals surface area contributed by atoms with E-state index in [9.17, 15) is 0 Å². The first kappa shape index (κ1) is 14.3. The monoisotopic (exact) mass is 262 g/mol. The van der Waals surface area contributed by atoms with Gasteiger partial charge in [0.25, 0.3) is 0 Å². The molecule has 0 aliphatic heterocycles. The van der Waals surface area contributed by atoms with E-state index in [4.69, 9.17) is 0 Å². The van der Waals surface area contributed by atoms with Crippen molar-refractivity contribution in [3.63, 3.8) is 0 Å². The highest BCUT2D eigenvalue weighted by Gasteiger charge is 2.40. The van der Waals surface area contributed by atoms with Crippen molar-refractivity contribution in [2.45, 2.75) is 25.2 Å². The number of benzene rings is 1. The van der Waals surface area contributed by atoms with Crippen LogP contribution in [0.2, 0.25) is 0 Å². The zero-order valence-corrected chi connectivity index (χ0v) is 12.2. The van der Waals surface area contributed by atoms with Crippen LogP contribution in [0.3, 0.4) is 0 Å².